The molecule has 0 spiro atoms. The fraction of sp³-hybridized carbons (Fsp3) is 0.208. The molecule has 3 rings (SSSR count). The molecule has 0 atom stereocenters. The van der Waals surface area contributed by atoms with Crippen LogP contribution in [0.15, 0.2) is 54.6 Å². The summed E-state index contributed by atoms with van der Waals surface area (Å²) >= 11 is 1.00. The van der Waals surface area contributed by atoms with Gasteiger partial charge in [-0.1, -0.05) is 48.0 Å². The molecule has 160 valence electrons. The minimum Gasteiger partial charge on any atom is -0.462 e. The average Bonchev–Trinajstić information content (AvgIpc) is 3.14. The molecule has 0 aliphatic carbocycles. The highest BCUT2D eigenvalue weighted by Crippen LogP contribution is 2.41. The maximum atomic E-state index is 12.9. The molecule has 0 aliphatic heterocycles. The number of nitrogens with one attached hydrogen (secondary N) is 1. The largest absolute Gasteiger partial charge is 0.462 e. The Labute approximate surface area is 184 Å². The number of rotatable bonds is 7. The second-order valence-corrected chi connectivity index (χ2v) is 7.66. The zero-order chi connectivity index (χ0) is 22.4. The minimum absolute atomic E-state index is 0.140. The van der Waals surface area contributed by atoms with E-state index in [1.54, 1.807) is 50.2 Å². The lowest BCUT2D eigenvalue weighted by molar-refractivity contribution is 0.0528. The molecule has 0 bridgehead atoms. The van der Waals surface area contributed by atoms with Gasteiger partial charge in [0.05, 0.1) is 13.2 Å². The van der Waals surface area contributed by atoms with Gasteiger partial charge in [-0.2, -0.15) is 0 Å². The Morgan fingerprint density at radius 1 is 0.871 bits per heavy atom. The molecule has 0 saturated carbocycles. The number of ether oxygens (including phenoxy) is 2. The summed E-state index contributed by atoms with van der Waals surface area (Å²) in [6.07, 6.45) is 0. The monoisotopic (exact) mass is 437 g/mol. The van der Waals surface area contributed by atoms with Crippen molar-refractivity contribution in [3.05, 3.63) is 76.2 Å². The van der Waals surface area contributed by atoms with Crippen LogP contribution in [0.5, 0.6) is 0 Å². The van der Waals surface area contributed by atoms with Crippen molar-refractivity contribution in [1.82, 2.24) is 0 Å². The zero-order valence-electron chi connectivity index (χ0n) is 17.6. The first kappa shape index (κ1) is 22.2. The van der Waals surface area contributed by atoms with Crippen LogP contribution in [0.4, 0.5) is 5.00 Å². The molecule has 0 radical (unpaired) electrons. The van der Waals surface area contributed by atoms with E-state index in [2.05, 4.69) is 5.32 Å². The highest BCUT2D eigenvalue weighted by atomic mass is 32.1. The van der Waals surface area contributed by atoms with Crippen LogP contribution < -0.4 is 5.32 Å². The molecule has 1 heterocycles. The summed E-state index contributed by atoms with van der Waals surface area (Å²) < 4.78 is 10.5. The molecule has 1 amide bonds. The van der Waals surface area contributed by atoms with E-state index in [0.29, 0.717) is 16.7 Å². The Morgan fingerprint density at radius 3 is 2.10 bits per heavy atom. The number of esters is 2. The first-order chi connectivity index (χ1) is 15.0. The van der Waals surface area contributed by atoms with Gasteiger partial charge in [0.15, 0.2) is 0 Å². The number of amides is 1. The quantitative estimate of drug-likeness (QED) is 0.505. The first-order valence-corrected chi connectivity index (χ1v) is 10.7. The molecule has 0 aliphatic rings. The van der Waals surface area contributed by atoms with E-state index < -0.39 is 11.9 Å². The van der Waals surface area contributed by atoms with Gasteiger partial charge in [-0.25, -0.2) is 9.59 Å². The van der Waals surface area contributed by atoms with E-state index in [1.807, 2.05) is 25.1 Å². The van der Waals surface area contributed by atoms with Crippen molar-refractivity contribution in [1.29, 1.82) is 0 Å². The molecule has 1 aromatic heterocycles. The third-order valence-electron chi connectivity index (χ3n) is 4.45. The normalized spacial score (nSPS) is 10.4. The summed E-state index contributed by atoms with van der Waals surface area (Å²) in [5.74, 6) is -1.57. The summed E-state index contributed by atoms with van der Waals surface area (Å²) in [6.45, 7) is 5.68. The zero-order valence-corrected chi connectivity index (χ0v) is 18.4. The molecule has 2 aromatic carbocycles. The van der Waals surface area contributed by atoms with Crippen molar-refractivity contribution in [2.45, 2.75) is 20.8 Å². The number of carbonyl (C=O) groups is 3. The molecule has 0 fully saturated rings. The molecule has 6 nitrogen and oxygen atoms in total. The molecule has 1 N–H and O–H groups in total. The van der Waals surface area contributed by atoms with Gasteiger partial charge >= 0.3 is 11.9 Å². The molecule has 3 aromatic rings. The predicted octanol–water partition coefficient (Wildman–Crippen LogP) is 5.33. The fourth-order valence-corrected chi connectivity index (χ4v) is 4.12. The Morgan fingerprint density at radius 2 is 1.48 bits per heavy atom. The van der Waals surface area contributed by atoms with E-state index in [0.717, 1.165) is 16.9 Å². The average molecular weight is 438 g/mol. The van der Waals surface area contributed by atoms with Crippen molar-refractivity contribution in [3.8, 4) is 11.1 Å². The van der Waals surface area contributed by atoms with E-state index in [9.17, 15) is 14.4 Å². The third-order valence-corrected chi connectivity index (χ3v) is 5.54. The number of carbonyl (C=O) groups excluding carboxylic acids is 3. The lowest BCUT2D eigenvalue weighted by atomic mass is 10.0. The van der Waals surface area contributed by atoms with Gasteiger partial charge in [0.25, 0.3) is 5.91 Å². The summed E-state index contributed by atoms with van der Waals surface area (Å²) in [4.78, 5) is 38.7. The number of aryl methyl sites for hydroxylation is 1. The molecule has 31 heavy (non-hydrogen) atoms. The summed E-state index contributed by atoms with van der Waals surface area (Å²) in [7, 11) is 0. The van der Waals surface area contributed by atoms with Crippen molar-refractivity contribution in [3.63, 3.8) is 0 Å². The van der Waals surface area contributed by atoms with Gasteiger partial charge in [0.2, 0.25) is 0 Å². The summed E-state index contributed by atoms with van der Waals surface area (Å²) in [5, 5.41) is 3.03. The van der Waals surface area contributed by atoms with Crippen LogP contribution in [-0.2, 0) is 9.47 Å². The van der Waals surface area contributed by atoms with Gasteiger partial charge in [0, 0.05) is 11.1 Å². The van der Waals surface area contributed by atoms with E-state index in [4.69, 9.17) is 9.47 Å². The molecule has 0 unspecified atom stereocenters. The maximum Gasteiger partial charge on any atom is 0.349 e. The van der Waals surface area contributed by atoms with Gasteiger partial charge in [0.1, 0.15) is 15.4 Å². The highest BCUT2D eigenvalue weighted by molar-refractivity contribution is 7.19. The van der Waals surface area contributed by atoms with Gasteiger partial charge in [-0.05, 0) is 38.5 Å². The van der Waals surface area contributed by atoms with Gasteiger partial charge in [-0.3, -0.25) is 4.79 Å². The lowest BCUT2D eigenvalue weighted by Crippen LogP contribution is -2.15. The first-order valence-electron chi connectivity index (χ1n) is 9.90. The number of anilines is 1. The van der Waals surface area contributed by atoms with E-state index in [-0.39, 0.29) is 34.6 Å². The van der Waals surface area contributed by atoms with Crippen molar-refractivity contribution in [2.75, 3.05) is 18.5 Å². The lowest BCUT2D eigenvalue weighted by Gasteiger charge is -2.09. The molecular formula is C24H23NO5S. The van der Waals surface area contributed by atoms with Crippen LogP contribution in [0, 0.1) is 6.92 Å². The van der Waals surface area contributed by atoms with Gasteiger partial charge in [-0.15, -0.1) is 11.3 Å². The second-order valence-electron chi connectivity index (χ2n) is 6.64. The van der Waals surface area contributed by atoms with Crippen LogP contribution in [-0.4, -0.2) is 31.1 Å². The van der Waals surface area contributed by atoms with Crippen molar-refractivity contribution >= 4 is 34.2 Å². The summed E-state index contributed by atoms with van der Waals surface area (Å²) in [5.41, 5.74) is 2.65. The van der Waals surface area contributed by atoms with E-state index >= 15 is 0 Å². The van der Waals surface area contributed by atoms with E-state index in [1.165, 1.54) is 0 Å². The topological polar surface area (TPSA) is 81.7 Å². The molecular weight excluding hydrogens is 414 g/mol. The SMILES string of the molecule is CCOC(=O)c1sc(NC(=O)c2ccc(C)cc2)c(C(=O)OCC)c1-c1ccccc1. The number of hydrogen-bond acceptors (Lipinski definition) is 6. The van der Waals surface area contributed by atoms with Gasteiger partial charge < -0.3 is 14.8 Å². The standard InChI is InChI=1S/C24H23NO5S/c1-4-29-23(27)19-18(16-9-7-6-8-10-16)20(24(28)30-5-2)31-22(19)25-21(26)17-13-11-15(3)12-14-17/h6-14H,4-5H2,1-3H3,(H,25,26). The Kier molecular flexibility index (Phi) is 7.20. The van der Waals surface area contributed by atoms with Crippen molar-refractivity contribution < 1.29 is 23.9 Å². The predicted molar refractivity (Wildman–Crippen MR) is 121 cm³/mol. The Hall–Kier alpha value is -3.45. The van der Waals surface area contributed by atoms with Crippen molar-refractivity contribution in [2.24, 2.45) is 0 Å². The van der Waals surface area contributed by atoms with Crippen LogP contribution in [0.3, 0.4) is 0 Å². The summed E-state index contributed by atoms with van der Waals surface area (Å²) in [6, 6.07) is 16.1. The molecule has 0 saturated heterocycles. The van der Waals surface area contributed by atoms with Crippen LogP contribution >= 0.6 is 11.3 Å². The highest BCUT2D eigenvalue weighted by Gasteiger charge is 2.30. The maximum absolute atomic E-state index is 12.9. The minimum atomic E-state index is -0.618. The third kappa shape index (κ3) is 5.00. The number of thiophene rings is 1. The number of hydrogen-bond donors (Lipinski definition) is 1. The molecule has 7 heteroatoms. The van der Waals surface area contributed by atoms with Crippen LogP contribution in [0.2, 0.25) is 0 Å². The van der Waals surface area contributed by atoms with Crippen LogP contribution in [0.25, 0.3) is 11.1 Å². The second kappa shape index (κ2) is 10.0. The smallest absolute Gasteiger partial charge is 0.349 e. The Balaban J connectivity index is 2.15. The number of benzene rings is 2. The fourth-order valence-electron chi connectivity index (χ4n) is 3.02. The Bertz CT molecular complexity index is 1090. The van der Waals surface area contributed by atoms with Crippen LogP contribution in [0.1, 0.15) is 49.8 Å².